The molecule has 1 aromatic rings. The van der Waals surface area contributed by atoms with E-state index in [1.807, 2.05) is 0 Å². The van der Waals surface area contributed by atoms with Gasteiger partial charge in [-0.05, 0) is 49.1 Å². The van der Waals surface area contributed by atoms with Crippen molar-refractivity contribution in [2.45, 2.75) is 32.2 Å². The molecule has 0 radical (unpaired) electrons. The molecule has 2 unspecified atom stereocenters. The lowest BCUT2D eigenvalue weighted by atomic mass is 9.95. The van der Waals surface area contributed by atoms with Gasteiger partial charge in [0.1, 0.15) is 0 Å². The van der Waals surface area contributed by atoms with Crippen molar-refractivity contribution in [3.63, 3.8) is 0 Å². The van der Waals surface area contributed by atoms with Gasteiger partial charge in [-0.15, -0.1) is 0 Å². The summed E-state index contributed by atoms with van der Waals surface area (Å²) in [5, 5.41) is 8.22. The predicted octanol–water partition coefficient (Wildman–Crippen LogP) is 2.96. The number of nitrogens with zero attached hydrogens (tertiary/aromatic N) is 1. The lowest BCUT2D eigenvalue weighted by Gasteiger charge is -2.38. The Kier molecular flexibility index (Phi) is 3.39. The molecule has 1 aliphatic heterocycles. The van der Waals surface area contributed by atoms with E-state index >= 15 is 0 Å². The molecule has 0 aromatic carbocycles. The lowest BCUT2D eigenvalue weighted by molar-refractivity contribution is 0.348. The highest BCUT2D eigenvalue weighted by Crippen LogP contribution is 2.29. The van der Waals surface area contributed by atoms with Crippen molar-refractivity contribution in [1.82, 2.24) is 5.32 Å². The van der Waals surface area contributed by atoms with Crippen molar-refractivity contribution in [1.29, 1.82) is 0 Å². The molecule has 2 fully saturated rings. The first-order chi connectivity index (χ1) is 8.31. The minimum absolute atomic E-state index is 0.694. The van der Waals surface area contributed by atoms with E-state index in [-0.39, 0.29) is 0 Å². The first-order valence-electron chi connectivity index (χ1n) is 6.82. The predicted molar refractivity (Wildman–Crippen MR) is 74.8 cm³/mol. The second-order valence-electron chi connectivity index (χ2n) is 5.78. The van der Waals surface area contributed by atoms with Gasteiger partial charge in [0.15, 0.2) is 0 Å². The second-order valence-corrected chi connectivity index (χ2v) is 6.56. The maximum atomic E-state index is 3.77. The zero-order valence-electron chi connectivity index (χ0n) is 10.6. The molecule has 3 rings (SSSR count). The highest BCUT2D eigenvalue weighted by molar-refractivity contribution is 7.08. The first-order valence-corrected chi connectivity index (χ1v) is 7.76. The van der Waals surface area contributed by atoms with E-state index in [2.05, 4.69) is 34.0 Å². The van der Waals surface area contributed by atoms with Crippen LogP contribution in [0.25, 0.3) is 0 Å². The molecule has 2 heterocycles. The average Bonchev–Trinajstić information content (AvgIpc) is 2.98. The molecule has 3 heteroatoms. The van der Waals surface area contributed by atoms with Crippen LogP contribution >= 0.6 is 11.3 Å². The van der Waals surface area contributed by atoms with Crippen LogP contribution in [-0.2, 0) is 0 Å². The van der Waals surface area contributed by atoms with Crippen molar-refractivity contribution >= 4 is 17.0 Å². The van der Waals surface area contributed by atoms with Gasteiger partial charge < -0.3 is 10.2 Å². The van der Waals surface area contributed by atoms with E-state index in [0.717, 1.165) is 11.8 Å². The second kappa shape index (κ2) is 4.99. The standard InChI is InChI=1S/C14H22N2S/c1-11-6-13(15-7-12-2-3-12)9-16(8-11)14-4-5-17-10-14/h4-5,10-13,15H,2-3,6-9H2,1H3. The molecule has 94 valence electrons. The highest BCUT2D eigenvalue weighted by Gasteiger charge is 2.27. The maximum Gasteiger partial charge on any atom is 0.0475 e. The topological polar surface area (TPSA) is 15.3 Å². The fraction of sp³-hybridized carbons (Fsp3) is 0.714. The van der Waals surface area contributed by atoms with Gasteiger partial charge in [0.2, 0.25) is 0 Å². The monoisotopic (exact) mass is 250 g/mol. The van der Waals surface area contributed by atoms with Gasteiger partial charge in [-0.2, -0.15) is 11.3 Å². The smallest absolute Gasteiger partial charge is 0.0475 e. The molecular formula is C14H22N2S. The van der Waals surface area contributed by atoms with E-state index in [0.29, 0.717) is 6.04 Å². The van der Waals surface area contributed by atoms with Crippen molar-refractivity contribution in [2.75, 3.05) is 24.5 Å². The largest absolute Gasteiger partial charge is 0.369 e. The van der Waals surface area contributed by atoms with Crippen molar-refractivity contribution in [2.24, 2.45) is 11.8 Å². The summed E-state index contributed by atoms with van der Waals surface area (Å²) in [5.74, 6) is 1.79. The molecule has 1 saturated carbocycles. The number of hydrogen-bond acceptors (Lipinski definition) is 3. The van der Waals surface area contributed by atoms with Crippen LogP contribution in [-0.4, -0.2) is 25.7 Å². The molecule has 0 bridgehead atoms. The Labute approximate surface area is 108 Å². The Balaban J connectivity index is 1.58. The van der Waals surface area contributed by atoms with Gasteiger partial charge in [-0.1, -0.05) is 6.92 Å². The molecule has 2 nitrogen and oxygen atoms in total. The van der Waals surface area contributed by atoms with Gasteiger partial charge in [-0.25, -0.2) is 0 Å². The molecule has 1 aromatic heterocycles. The first kappa shape index (κ1) is 11.5. The molecule has 1 N–H and O–H groups in total. The van der Waals surface area contributed by atoms with Crippen molar-refractivity contribution in [3.8, 4) is 0 Å². The van der Waals surface area contributed by atoms with Crippen LogP contribution in [0.15, 0.2) is 16.8 Å². The average molecular weight is 250 g/mol. The zero-order chi connectivity index (χ0) is 11.7. The third-order valence-corrected chi connectivity index (χ3v) is 4.59. The summed E-state index contributed by atoms with van der Waals surface area (Å²) in [5.41, 5.74) is 1.42. The minimum atomic E-state index is 0.694. The van der Waals surface area contributed by atoms with E-state index in [1.54, 1.807) is 11.3 Å². The number of rotatable bonds is 4. The Morgan fingerprint density at radius 2 is 2.29 bits per heavy atom. The third-order valence-electron chi connectivity index (χ3n) is 3.92. The molecule has 1 aliphatic carbocycles. The fourth-order valence-electron chi connectivity index (χ4n) is 2.80. The third kappa shape index (κ3) is 3.02. The molecule has 0 amide bonds. The number of nitrogens with one attached hydrogen (secondary N) is 1. The van der Waals surface area contributed by atoms with Crippen LogP contribution in [0, 0.1) is 11.8 Å². The van der Waals surface area contributed by atoms with Crippen LogP contribution in [0.3, 0.4) is 0 Å². The number of piperidine rings is 1. The summed E-state index contributed by atoms with van der Waals surface area (Å²) < 4.78 is 0. The summed E-state index contributed by atoms with van der Waals surface area (Å²) in [6, 6.07) is 2.94. The highest BCUT2D eigenvalue weighted by atomic mass is 32.1. The summed E-state index contributed by atoms with van der Waals surface area (Å²) in [6.45, 7) is 6.03. The molecule has 0 spiro atoms. The Morgan fingerprint density at radius 1 is 1.41 bits per heavy atom. The van der Waals surface area contributed by atoms with Crippen LogP contribution in [0.1, 0.15) is 26.2 Å². The SMILES string of the molecule is CC1CC(NCC2CC2)CN(c2ccsc2)C1. The van der Waals surface area contributed by atoms with Crippen LogP contribution < -0.4 is 10.2 Å². The van der Waals surface area contributed by atoms with E-state index in [1.165, 1.54) is 44.6 Å². The molecular weight excluding hydrogens is 228 g/mol. The van der Waals surface area contributed by atoms with Gasteiger partial charge in [0, 0.05) is 30.2 Å². The molecule has 2 atom stereocenters. The van der Waals surface area contributed by atoms with Crippen LogP contribution in [0.4, 0.5) is 5.69 Å². The Hall–Kier alpha value is -0.540. The normalized spacial score (nSPS) is 29.6. The zero-order valence-corrected chi connectivity index (χ0v) is 11.4. The minimum Gasteiger partial charge on any atom is -0.369 e. The van der Waals surface area contributed by atoms with Crippen LogP contribution in [0.5, 0.6) is 0 Å². The van der Waals surface area contributed by atoms with Crippen molar-refractivity contribution < 1.29 is 0 Å². The van der Waals surface area contributed by atoms with Gasteiger partial charge in [-0.3, -0.25) is 0 Å². The van der Waals surface area contributed by atoms with Gasteiger partial charge >= 0.3 is 0 Å². The summed E-state index contributed by atoms with van der Waals surface area (Å²) >= 11 is 1.80. The molecule has 17 heavy (non-hydrogen) atoms. The Morgan fingerprint density at radius 3 is 3.00 bits per heavy atom. The van der Waals surface area contributed by atoms with E-state index in [4.69, 9.17) is 0 Å². The molecule has 1 saturated heterocycles. The fourth-order valence-corrected chi connectivity index (χ4v) is 3.47. The number of anilines is 1. The van der Waals surface area contributed by atoms with E-state index < -0.39 is 0 Å². The van der Waals surface area contributed by atoms with Gasteiger partial charge in [0.25, 0.3) is 0 Å². The quantitative estimate of drug-likeness (QED) is 0.884. The number of thiophene rings is 1. The summed E-state index contributed by atoms with van der Waals surface area (Å²) in [4.78, 5) is 2.55. The summed E-state index contributed by atoms with van der Waals surface area (Å²) in [7, 11) is 0. The maximum absolute atomic E-state index is 3.77. The van der Waals surface area contributed by atoms with Gasteiger partial charge in [0.05, 0.1) is 0 Å². The Bertz CT molecular complexity index is 345. The lowest BCUT2D eigenvalue weighted by Crippen LogP contribution is -2.49. The molecule has 2 aliphatic rings. The number of hydrogen-bond donors (Lipinski definition) is 1. The van der Waals surface area contributed by atoms with Crippen molar-refractivity contribution in [3.05, 3.63) is 16.8 Å². The van der Waals surface area contributed by atoms with E-state index in [9.17, 15) is 0 Å². The van der Waals surface area contributed by atoms with Crippen LogP contribution in [0.2, 0.25) is 0 Å². The summed E-state index contributed by atoms with van der Waals surface area (Å²) in [6.07, 6.45) is 4.24.